The van der Waals surface area contributed by atoms with Gasteiger partial charge in [0.1, 0.15) is 11.5 Å². The Balaban J connectivity index is 1.88. The number of hydrogen-bond acceptors (Lipinski definition) is 6. The number of pyridine rings is 1. The Labute approximate surface area is 143 Å². The average molecular weight is 340 g/mol. The van der Waals surface area contributed by atoms with Crippen molar-refractivity contribution in [2.75, 3.05) is 12.0 Å². The van der Waals surface area contributed by atoms with Crippen molar-refractivity contribution in [2.45, 2.75) is 4.90 Å². The van der Waals surface area contributed by atoms with E-state index in [0.29, 0.717) is 22.7 Å². The van der Waals surface area contributed by atoms with Gasteiger partial charge in [-0.15, -0.1) is 11.8 Å². The second-order valence-electron chi connectivity index (χ2n) is 5.06. The summed E-state index contributed by atoms with van der Waals surface area (Å²) >= 11 is 1.62. The Hall–Kier alpha value is -2.77. The summed E-state index contributed by atoms with van der Waals surface area (Å²) in [5, 5.41) is 0.913. The van der Waals surface area contributed by atoms with Crippen LogP contribution in [0.2, 0.25) is 0 Å². The normalized spacial score (nSPS) is 10.6. The van der Waals surface area contributed by atoms with Crippen molar-refractivity contribution in [2.24, 2.45) is 5.84 Å². The monoisotopic (exact) mass is 340 g/mol. The largest absolute Gasteiger partial charge is 0.456 e. The standard InChI is InChI=1S/C17H16N4O2S/c1-24-14-7-11-6-13(9-20-16(11)15(18)8-14)23-12-4-2-10(3-5-12)17(22)21-19/h2-9H,18-19H2,1H3,(H,21,22). The van der Waals surface area contributed by atoms with Gasteiger partial charge in [-0.3, -0.25) is 15.2 Å². The minimum absolute atomic E-state index is 0.353. The van der Waals surface area contributed by atoms with Crippen LogP contribution in [0.25, 0.3) is 10.9 Å². The van der Waals surface area contributed by atoms with Crippen molar-refractivity contribution in [3.63, 3.8) is 0 Å². The maximum Gasteiger partial charge on any atom is 0.265 e. The molecule has 1 heterocycles. The zero-order chi connectivity index (χ0) is 17.1. The van der Waals surface area contributed by atoms with Crippen molar-refractivity contribution in [3.8, 4) is 11.5 Å². The molecule has 5 N–H and O–H groups in total. The van der Waals surface area contributed by atoms with Gasteiger partial charge in [-0.2, -0.15) is 0 Å². The third-order valence-corrected chi connectivity index (χ3v) is 4.19. The van der Waals surface area contributed by atoms with Gasteiger partial charge in [0.25, 0.3) is 5.91 Å². The molecule has 0 unspecified atom stereocenters. The molecule has 7 heteroatoms. The van der Waals surface area contributed by atoms with Gasteiger partial charge >= 0.3 is 0 Å². The molecule has 3 aromatic rings. The van der Waals surface area contributed by atoms with Crippen LogP contribution in [0.1, 0.15) is 10.4 Å². The molecule has 0 atom stereocenters. The molecule has 0 radical (unpaired) electrons. The Kier molecular flexibility index (Phi) is 4.54. The second-order valence-corrected chi connectivity index (χ2v) is 5.94. The van der Waals surface area contributed by atoms with Crippen LogP contribution < -0.4 is 21.7 Å². The van der Waals surface area contributed by atoms with Gasteiger partial charge in [0, 0.05) is 15.8 Å². The molecule has 0 spiro atoms. The summed E-state index contributed by atoms with van der Waals surface area (Å²) in [7, 11) is 0. The van der Waals surface area contributed by atoms with Gasteiger partial charge in [0.2, 0.25) is 0 Å². The van der Waals surface area contributed by atoms with E-state index < -0.39 is 0 Å². The molecule has 122 valence electrons. The number of carbonyl (C=O) groups is 1. The van der Waals surface area contributed by atoms with Crippen LogP contribution >= 0.6 is 11.8 Å². The Morgan fingerprint density at radius 1 is 1.17 bits per heavy atom. The van der Waals surface area contributed by atoms with E-state index in [1.54, 1.807) is 42.2 Å². The number of hydrazine groups is 1. The molecule has 6 nitrogen and oxygen atoms in total. The highest BCUT2D eigenvalue weighted by atomic mass is 32.2. The number of nitrogen functional groups attached to an aromatic ring is 2. The van der Waals surface area contributed by atoms with E-state index in [0.717, 1.165) is 15.8 Å². The summed E-state index contributed by atoms with van der Waals surface area (Å²) in [5.41, 5.74) is 9.95. The number of nitrogens with two attached hydrogens (primary N) is 2. The Morgan fingerprint density at radius 3 is 2.58 bits per heavy atom. The zero-order valence-electron chi connectivity index (χ0n) is 12.9. The van der Waals surface area contributed by atoms with Crippen molar-refractivity contribution in [1.29, 1.82) is 0 Å². The minimum atomic E-state index is -0.353. The highest BCUT2D eigenvalue weighted by Gasteiger charge is 2.07. The van der Waals surface area contributed by atoms with Gasteiger partial charge in [-0.25, -0.2) is 5.84 Å². The van der Waals surface area contributed by atoms with E-state index >= 15 is 0 Å². The molecule has 0 bridgehead atoms. The third-order valence-electron chi connectivity index (χ3n) is 3.48. The fourth-order valence-electron chi connectivity index (χ4n) is 2.30. The lowest BCUT2D eigenvalue weighted by Crippen LogP contribution is -2.29. The van der Waals surface area contributed by atoms with Gasteiger partial charge in [0.15, 0.2) is 0 Å². The first kappa shape index (κ1) is 16.1. The Morgan fingerprint density at radius 2 is 1.92 bits per heavy atom. The lowest BCUT2D eigenvalue weighted by Gasteiger charge is -2.09. The van der Waals surface area contributed by atoms with E-state index in [9.17, 15) is 4.79 Å². The van der Waals surface area contributed by atoms with E-state index in [1.807, 2.05) is 24.5 Å². The molecule has 0 fully saturated rings. The summed E-state index contributed by atoms with van der Waals surface area (Å²) in [6, 6.07) is 12.5. The summed E-state index contributed by atoms with van der Waals surface area (Å²) in [4.78, 5) is 16.9. The predicted octanol–water partition coefficient (Wildman–Crippen LogP) is 2.93. The number of anilines is 1. The zero-order valence-corrected chi connectivity index (χ0v) is 13.8. The third kappa shape index (κ3) is 3.27. The van der Waals surface area contributed by atoms with Crippen LogP contribution in [0.3, 0.4) is 0 Å². The maximum atomic E-state index is 11.4. The topological polar surface area (TPSA) is 103 Å². The van der Waals surface area contributed by atoms with Crippen LogP contribution in [-0.4, -0.2) is 17.1 Å². The maximum absolute atomic E-state index is 11.4. The smallest absolute Gasteiger partial charge is 0.265 e. The summed E-state index contributed by atoms with van der Waals surface area (Å²) in [6.45, 7) is 0. The van der Waals surface area contributed by atoms with E-state index in [4.69, 9.17) is 16.3 Å². The number of nitrogens with one attached hydrogen (secondary N) is 1. The number of thioether (sulfide) groups is 1. The summed E-state index contributed by atoms with van der Waals surface area (Å²) in [5.74, 6) is 5.94. The number of nitrogens with zero attached hydrogens (tertiary/aromatic N) is 1. The van der Waals surface area contributed by atoms with E-state index in [2.05, 4.69) is 10.4 Å². The fraction of sp³-hybridized carbons (Fsp3) is 0.0588. The average Bonchev–Trinajstić information content (AvgIpc) is 2.61. The SMILES string of the molecule is CSc1cc(N)c2ncc(Oc3ccc(C(=O)NN)cc3)cc2c1. The lowest BCUT2D eigenvalue weighted by molar-refractivity contribution is 0.0953. The second kappa shape index (κ2) is 6.77. The number of hydrogen-bond donors (Lipinski definition) is 3. The molecule has 3 rings (SSSR count). The number of ether oxygens (including phenoxy) is 1. The van der Waals surface area contributed by atoms with Crippen LogP contribution in [0.15, 0.2) is 53.6 Å². The number of fused-ring (bicyclic) bond motifs is 1. The van der Waals surface area contributed by atoms with Crippen molar-refractivity contribution in [1.82, 2.24) is 10.4 Å². The molecule has 1 amide bonds. The molecular weight excluding hydrogens is 324 g/mol. The minimum Gasteiger partial charge on any atom is -0.456 e. The van der Waals surface area contributed by atoms with Crippen molar-refractivity contribution in [3.05, 3.63) is 54.2 Å². The predicted molar refractivity (Wildman–Crippen MR) is 96.1 cm³/mol. The summed E-state index contributed by atoms with van der Waals surface area (Å²) < 4.78 is 5.80. The number of carbonyl (C=O) groups excluding carboxylic acids is 1. The van der Waals surface area contributed by atoms with Gasteiger partial charge < -0.3 is 10.5 Å². The number of benzene rings is 2. The highest BCUT2D eigenvalue weighted by Crippen LogP contribution is 2.30. The lowest BCUT2D eigenvalue weighted by atomic mass is 10.2. The van der Waals surface area contributed by atoms with Crippen molar-refractivity contribution >= 4 is 34.3 Å². The van der Waals surface area contributed by atoms with Gasteiger partial charge in [-0.1, -0.05) is 0 Å². The first-order chi connectivity index (χ1) is 11.6. The van der Waals surface area contributed by atoms with Crippen LogP contribution in [0.4, 0.5) is 5.69 Å². The Bertz CT molecular complexity index is 897. The molecule has 1 aromatic heterocycles. The number of aromatic nitrogens is 1. The molecule has 0 saturated carbocycles. The number of rotatable bonds is 4. The molecule has 0 aliphatic rings. The van der Waals surface area contributed by atoms with Gasteiger partial charge in [0.05, 0.1) is 17.4 Å². The summed E-state index contributed by atoms with van der Waals surface area (Å²) in [6.07, 6.45) is 3.62. The molecule has 0 aliphatic heterocycles. The highest BCUT2D eigenvalue weighted by molar-refractivity contribution is 7.98. The molecule has 0 saturated heterocycles. The van der Waals surface area contributed by atoms with Crippen LogP contribution in [0.5, 0.6) is 11.5 Å². The van der Waals surface area contributed by atoms with Crippen LogP contribution in [0, 0.1) is 0 Å². The first-order valence-electron chi connectivity index (χ1n) is 7.13. The van der Waals surface area contributed by atoms with E-state index in [-0.39, 0.29) is 5.91 Å². The fourth-order valence-corrected chi connectivity index (χ4v) is 2.79. The number of amides is 1. The van der Waals surface area contributed by atoms with E-state index in [1.165, 1.54) is 0 Å². The molecule has 2 aromatic carbocycles. The molecule has 24 heavy (non-hydrogen) atoms. The van der Waals surface area contributed by atoms with Crippen molar-refractivity contribution < 1.29 is 9.53 Å². The van der Waals surface area contributed by atoms with Gasteiger partial charge in [-0.05, 0) is 48.7 Å². The first-order valence-corrected chi connectivity index (χ1v) is 8.35. The van der Waals surface area contributed by atoms with Crippen LogP contribution in [-0.2, 0) is 0 Å². The molecular formula is C17H16N4O2S. The quantitative estimate of drug-likeness (QED) is 0.222. The molecule has 0 aliphatic carbocycles.